The lowest BCUT2D eigenvalue weighted by Gasteiger charge is -2.45. The van der Waals surface area contributed by atoms with Crippen molar-refractivity contribution in [1.82, 2.24) is 0 Å². The molecule has 0 aromatic heterocycles. The van der Waals surface area contributed by atoms with Gasteiger partial charge in [-0.2, -0.15) is 87.8 Å². The van der Waals surface area contributed by atoms with E-state index in [9.17, 15) is 87.8 Å². The van der Waals surface area contributed by atoms with E-state index in [-0.39, 0.29) is 0 Å². The van der Waals surface area contributed by atoms with Gasteiger partial charge in [0.25, 0.3) is 0 Å². The molecule has 0 fully saturated rings. The van der Waals surface area contributed by atoms with Gasteiger partial charge >= 0.3 is 83.1 Å². The average molecular weight is 961 g/mol. The summed E-state index contributed by atoms with van der Waals surface area (Å²) in [7, 11) is -20.9. The Kier molecular flexibility index (Phi) is 18.0. The van der Waals surface area contributed by atoms with Crippen LogP contribution in [-0.2, 0) is 29.7 Å². The molecule has 0 amide bonds. The van der Waals surface area contributed by atoms with Gasteiger partial charge in [0.15, 0.2) is 8.32 Å². The van der Waals surface area contributed by atoms with Crippen molar-refractivity contribution < 1.29 is 118 Å². The molecule has 3 atom stereocenters. The van der Waals surface area contributed by atoms with E-state index in [4.69, 9.17) is 29.7 Å². The Balaban J connectivity index is 7.17. The highest BCUT2D eigenvalue weighted by Gasteiger charge is 2.87. The lowest BCUT2D eigenvalue weighted by Crippen LogP contribution is -2.66. The molecule has 0 spiro atoms. The van der Waals surface area contributed by atoms with Crippen LogP contribution in [0.25, 0.3) is 0 Å². The Hall–Kier alpha value is -0.596. The van der Waals surface area contributed by atoms with Crippen molar-refractivity contribution in [2.45, 2.75) is 131 Å². The first-order valence-corrected chi connectivity index (χ1v) is 27.9. The molecule has 3 unspecified atom stereocenters. The summed E-state index contributed by atoms with van der Waals surface area (Å²) < 4.78 is 308. The van der Waals surface area contributed by atoms with Gasteiger partial charge in [0.2, 0.25) is 0 Å². The van der Waals surface area contributed by atoms with E-state index in [1.54, 1.807) is 0 Å². The van der Waals surface area contributed by atoms with E-state index in [0.717, 1.165) is 47.5 Å². The monoisotopic (exact) mass is 960 g/mol. The van der Waals surface area contributed by atoms with Gasteiger partial charge in [-0.05, 0) is 56.9 Å². The third-order valence-corrected chi connectivity index (χ3v) is 27.7. The van der Waals surface area contributed by atoms with Gasteiger partial charge in [-0.15, -0.1) is 0 Å². The Bertz CT molecular complexity index is 1240. The molecule has 0 aliphatic rings. The standard InChI is InChI=1S/C24H40F20O7Si5/c1-45-56(46-2,47-3)51-55(8,16-12-20(33,34)35)50-54(7,15-11-19(30,31)32)49-53(6,14-10-18(27,28)29)48-52(4,5)13-9-17(25,26)21(36,37)22(38,39)23(40,41)24(42,43)44/h9-16H2,1-8H3. The molecular formula is C24H40F20O7Si5. The minimum Gasteiger partial charge on any atom is -0.436 e. The average Bonchev–Trinajstić information content (AvgIpc) is 2.98. The highest BCUT2D eigenvalue weighted by molar-refractivity contribution is 6.90. The molecule has 0 aromatic rings. The summed E-state index contributed by atoms with van der Waals surface area (Å²) in [5.41, 5.74) is 0. The van der Waals surface area contributed by atoms with Gasteiger partial charge in [-0.25, -0.2) is 0 Å². The van der Waals surface area contributed by atoms with E-state index >= 15 is 0 Å². The predicted molar refractivity (Wildman–Crippen MR) is 165 cm³/mol. The molecule has 338 valence electrons. The maximum atomic E-state index is 14.6. The quantitative estimate of drug-likeness (QED) is 0.0747. The number of halogens is 20. The molecule has 7 nitrogen and oxygen atoms in total. The van der Waals surface area contributed by atoms with Crippen LogP contribution in [0.3, 0.4) is 0 Å². The first-order valence-electron chi connectivity index (χ1n) is 15.6. The van der Waals surface area contributed by atoms with Gasteiger partial charge in [0.05, 0.1) is 0 Å². The first-order chi connectivity index (χ1) is 24.3. The van der Waals surface area contributed by atoms with Crippen LogP contribution in [0.5, 0.6) is 0 Å². The van der Waals surface area contributed by atoms with Crippen molar-refractivity contribution in [2.75, 3.05) is 21.3 Å². The highest BCUT2D eigenvalue weighted by Crippen LogP contribution is 2.58. The molecule has 0 radical (unpaired) electrons. The summed E-state index contributed by atoms with van der Waals surface area (Å²) in [5.74, 6) is -29.2. The number of hydrogen-bond acceptors (Lipinski definition) is 7. The lowest BCUT2D eigenvalue weighted by atomic mass is 9.96. The molecule has 0 bridgehead atoms. The Labute approximate surface area is 312 Å². The van der Waals surface area contributed by atoms with Gasteiger partial charge in [-0.3, -0.25) is 0 Å². The van der Waals surface area contributed by atoms with E-state index in [0.29, 0.717) is 6.55 Å². The van der Waals surface area contributed by atoms with Crippen molar-refractivity contribution in [3.63, 3.8) is 0 Å². The number of rotatable bonds is 23. The van der Waals surface area contributed by atoms with Crippen LogP contribution in [0.4, 0.5) is 87.8 Å². The second-order valence-electron chi connectivity index (χ2n) is 13.5. The van der Waals surface area contributed by atoms with Gasteiger partial charge in [0, 0.05) is 47.0 Å². The molecule has 0 aliphatic carbocycles. The fourth-order valence-corrected chi connectivity index (χ4v) is 28.1. The molecule has 32 heteroatoms. The summed E-state index contributed by atoms with van der Waals surface area (Å²) in [4.78, 5) is 0. The third kappa shape index (κ3) is 15.8. The fourth-order valence-electron chi connectivity index (χ4n) is 4.88. The molecule has 0 saturated carbocycles. The summed E-state index contributed by atoms with van der Waals surface area (Å²) in [6.07, 6.45) is -30.8. The second-order valence-corrected chi connectivity index (χ2v) is 31.3. The van der Waals surface area contributed by atoms with Crippen LogP contribution in [0.2, 0.25) is 56.9 Å². The molecule has 0 aromatic carbocycles. The minimum absolute atomic E-state index is 0.703. The van der Waals surface area contributed by atoms with Crippen LogP contribution in [-0.4, -0.2) is 113 Å². The molecule has 0 saturated heterocycles. The zero-order chi connectivity index (χ0) is 45.1. The summed E-state index contributed by atoms with van der Waals surface area (Å²) in [6.45, 7) is 3.83. The SMILES string of the molecule is CO[Si](OC)(OC)O[Si](C)(CCC(F)(F)F)O[Si](C)(CCC(F)(F)F)O[Si](C)(CCC(F)(F)F)O[Si](C)(C)CCC(F)(F)C(F)(F)C(F)(F)C(F)(F)C(F)(F)F. The maximum Gasteiger partial charge on any atom is 0.669 e. The highest BCUT2D eigenvalue weighted by atomic mass is 28.5. The molecule has 56 heavy (non-hydrogen) atoms. The van der Waals surface area contributed by atoms with Crippen LogP contribution in [0, 0.1) is 0 Å². The van der Waals surface area contributed by atoms with Crippen LogP contribution in [0.1, 0.15) is 25.7 Å². The Morgan fingerprint density at radius 2 is 0.661 bits per heavy atom. The molecular weight excluding hydrogens is 921 g/mol. The van der Waals surface area contributed by atoms with Crippen molar-refractivity contribution in [3.8, 4) is 0 Å². The number of alkyl halides is 20. The zero-order valence-electron chi connectivity index (χ0n) is 30.6. The van der Waals surface area contributed by atoms with Crippen LogP contribution >= 0.6 is 0 Å². The van der Waals surface area contributed by atoms with Crippen molar-refractivity contribution in [3.05, 3.63) is 0 Å². The predicted octanol–water partition coefficient (Wildman–Crippen LogP) is 11.2. The fraction of sp³-hybridized carbons (Fsp3) is 1.00. The third-order valence-electron chi connectivity index (χ3n) is 7.68. The summed E-state index contributed by atoms with van der Waals surface area (Å²) >= 11 is 0. The van der Waals surface area contributed by atoms with Crippen LogP contribution in [0.15, 0.2) is 0 Å². The van der Waals surface area contributed by atoms with Crippen LogP contribution < -0.4 is 0 Å². The van der Waals surface area contributed by atoms with Crippen molar-refractivity contribution >= 4 is 43.0 Å². The molecule has 0 rings (SSSR count). The minimum atomic E-state index is -7.75. The van der Waals surface area contributed by atoms with Crippen molar-refractivity contribution in [1.29, 1.82) is 0 Å². The first kappa shape index (κ1) is 55.4. The Morgan fingerprint density at radius 1 is 0.357 bits per heavy atom. The topological polar surface area (TPSA) is 64.6 Å². The number of hydrogen-bond donors (Lipinski definition) is 0. The smallest absolute Gasteiger partial charge is 0.436 e. The second kappa shape index (κ2) is 18.2. The largest absolute Gasteiger partial charge is 0.669 e. The van der Waals surface area contributed by atoms with E-state index in [2.05, 4.69) is 0 Å². The van der Waals surface area contributed by atoms with Crippen molar-refractivity contribution in [2.24, 2.45) is 0 Å². The van der Waals surface area contributed by atoms with Gasteiger partial charge in [-0.1, -0.05) is 0 Å². The zero-order valence-corrected chi connectivity index (χ0v) is 35.6. The maximum absolute atomic E-state index is 14.6. The Morgan fingerprint density at radius 3 is 0.946 bits per heavy atom. The molecule has 0 N–H and O–H groups in total. The summed E-state index contributed by atoms with van der Waals surface area (Å²) in [6, 6.07) is -5.40. The normalized spacial score (nSPS) is 18.4. The summed E-state index contributed by atoms with van der Waals surface area (Å²) in [5, 5.41) is 0. The lowest BCUT2D eigenvalue weighted by molar-refractivity contribution is -0.422. The van der Waals surface area contributed by atoms with E-state index in [1.165, 1.54) is 0 Å². The molecule has 0 aliphatic heterocycles. The van der Waals surface area contributed by atoms with Gasteiger partial charge < -0.3 is 29.7 Å². The van der Waals surface area contributed by atoms with Gasteiger partial charge in [0.1, 0.15) is 0 Å². The van der Waals surface area contributed by atoms with E-state index in [1.807, 2.05) is 0 Å². The van der Waals surface area contributed by atoms with E-state index < -0.39 is 141 Å². The molecule has 0 heterocycles.